The third-order valence-electron chi connectivity index (χ3n) is 3.04. The minimum Gasteiger partial charge on any atom is -0.368 e. The van der Waals surface area contributed by atoms with E-state index in [4.69, 9.17) is 16.3 Å². The molecule has 1 aromatic rings. The summed E-state index contributed by atoms with van der Waals surface area (Å²) < 4.78 is 7.30. The van der Waals surface area contributed by atoms with E-state index in [2.05, 4.69) is 5.10 Å². The van der Waals surface area contributed by atoms with Gasteiger partial charge in [-0.3, -0.25) is 9.48 Å². The summed E-state index contributed by atoms with van der Waals surface area (Å²) in [7, 11) is 3.51. The Morgan fingerprint density at radius 3 is 2.81 bits per heavy atom. The third kappa shape index (κ3) is 1.60. The Labute approximate surface area is 98.9 Å². The maximum Gasteiger partial charge on any atom is 0.237 e. The molecule has 0 atom stereocenters. The van der Waals surface area contributed by atoms with Gasteiger partial charge in [-0.05, 0) is 6.07 Å². The number of halogens is 1. The Hall–Kier alpha value is -1.07. The molecular weight excluding hydrogens is 230 g/mol. The monoisotopic (exact) mass is 243 g/mol. The van der Waals surface area contributed by atoms with Gasteiger partial charge in [0.1, 0.15) is 11.5 Å². The predicted molar refractivity (Wildman–Crippen MR) is 59.2 cm³/mol. The molecule has 0 radical (unpaired) electrons. The van der Waals surface area contributed by atoms with E-state index in [1.54, 1.807) is 22.9 Å². The van der Waals surface area contributed by atoms with E-state index < -0.39 is 5.60 Å². The fourth-order valence-electron chi connectivity index (χ4n) is 2.05. The molecule has 0 unspecified atom stereocenters. The zero-order valence-electron chi connectivity index (χ0n) is 9.31. The van der Waals surface area contributed by atoms with Gasteiger partial charge in [-0.25, -0.2) is 0 Å². The molecule has 0 aliphatic carbocycles. The molecule has 0 saturated carbocycles. The summed E-state index contributed by atoms with van der Waals surface area (Å²) in [5, 5.41) is 4.11. The van der Waals surface area contributed by atoms with E-state index in [1.807, 2.05) is 13.1 Å². The molecule has 1 aromatic heterocycles. The van der Waals surface area contributed by atoms with Crippen LogP contribution in [0.5, 0.6) is 0 Å². The summed E-state index contributed by atoms with van der Waals surface area (Å²) in [4.78, 5) is 13.1. The normalized spacial score (nSPS) is 18.3. The molecule has 0 bridgehead atoms. The molecule has 1 amide bonds. The van der Waals surface area contributed by atoms with Crippen molar-refractivity contribution >= 4 is 17.5 Å². The van der Waals surface area contributed by atoms with E-state index in [9.17, 15) is 4.79 Å². The van der Waals surface area contributed by atoms with Crippen molar-refractivity contribution in [1.29, 1.82) is 0 Å². The van der Waals surface area contributed by atoms with Gasteiger partial charge in [0.25, 0.3) is 0 Å². The van der Waals surface area contributed by atoms with Crippen LogP contribution in [-0.2, 0) is 22.2 Å². The maximum atomic E-state index is 11.4. The minimum atomic E-state index is -0.424. The molecule has 5 nitrogen and oxygen atoms in total. The molecule has 0 aromatic carbocycles. The van der Waals surface area contributed by atoms with Gasteiger partial charge in [0.05, 0.1) is 18.8 Å². The molecule has 88 valence electrons. The van der Waals surface area contributed by atoms with Crippen molar-refractivity contribution in [1.82, 2.24) is 14.7 Å². The van der Waals surface area contributed by atoms with E-state index >= 15 is 0 Å². The lowest BCUT2D eigenvalue weighted by Gasteiger charge is -2.48. The van der Waals surface area contributed by atoms with Gasteiger partial charge in [-0.2, -0.15) is 5.10 Å². The van der Waals surface area contributed by atoms with Crippen LogP contribution in [0.2, 0.25) is 0 Å². The van der Waals surface area contributed by atoms with E-state index in [1.165, 1.54) is 0 Å². The van der Waals surface area contributed by atoms with Crippen molar-refractivity contribution in [3.63, 3.8) is 0 Å². The highest BCUT2D eigenvalue weighted by Crippen LogP contribution is 2.34. The van der Waals surface area contributed by atoms with Gasteiger partial charge in [-0.1, -0.05) is 0 Å². The van der Waals surface area contributed by atoms with Gasteiger partial charge in [-0.15, -0.1) is 11.6 Å². The molecule has 1 saturated heterocycles. The molecule has 0 spiro atoms. The number of amides is 1. The lowest BCUT2D eigenvalue weighted by atomic mass is 9.90. The molecule has 16 heavy (non-hydrogen) atoms. The summed E-state index contributed by atoms with van der Waals surface area (Å²) >= 11 is 5.50. The highest BCUT2D eigenvalue weighted by molar-refractivity contribution is 6.27. The van der Waals surface area contributed by atoms with Gasteiger partial charge >= 0.3 is 0 Å². The van der Waals surface area contributed by atoms with E-state index in [0.717, 1.165) is 5.69 Å². The summed E-state index contributed by atoms with van der Waals surface area (Å²) in [6.07, 6.45) is 1.72. The van der Waals surface area contributed by atoms with Crippen molar-refractivity contribution in [3.8, 4) is 0 Å². The number of ether oxygens (including phenoxy) is 1. The number of rotatable bonds is 3. The van der Waals surface area contributed by atoms with Crippen LogP contribution in [0.25, 0.3) is 0 Å². The molecule has 2 heterocycles. The van der Waals surface area contributed by atoms with E-state index in [0.29, 0.717) is 13.1 Å². The second-order valence-corrected chi connectivity index (χ2v) is 4.19. The number of nitrogens with zero attached hydrogens (tertiary/aromatic N) is 3. The van der Waals surface area contributed by atoms with Crippen molar-refractivity contribution in [2.75, 3.05) is 26.1 Å². The molecular formula is C10H14ClN3O2. The summed E-state index contributed by atoms with van der Waals surface area (Å²) in [6.45, 7) is 1.07. The van der Waals surface area contributed by atoms with Crippen molar-refractivity contribution in [2.45, 2.75) is 5.60 Å². The highest BCUT2D eigenvalue weighted by atomic mass is 35.5. The number of hydrogen-bond acceptors (Lipinski definition) is 3. The molecule has 1 aliphatic rings. The first-order chi connectivity index (χ1) is 7.63. The Kier molecular flexibility index (Phi) is 2.90. The third-order valence-corrected chi connectivity index (χ3v) is 3.27. The van der Waals surface area contributed by atoms with Crippen LogP contribution >= 0.6 is 11.6 Å². The molecule has 6 heteroatoms. The summed E-state index contributed by atoms with van der Waals surface area (Å²) in [6, 6.07) is 1.91. The number of aryl methyl sites for hydroxylation is 1. The zero-order chi connectivity index (χ0) is 11.8. The fraction of sp³-hybridized carbons (Fsp3) is 0.600. The quantitative estimate of drug-likeness (QED) is 0.720. The van der Waals surface area contributed by atoms with E-state index in [-0.39, 0.29) is 11.8 Å². The Balaban J connectivity index is 2.15. The van der Waals surface area contributed by atoms with Crippen LogP contribution < -0.4 is 0 Å². The maximum absolute atomic E-state index is 11.4. The molecule has 2 rings (SSSR count). The molecule has 1 fully saturated rings. The number of hydrogen-bond donors (Lipinski definition) is 0. The summed E-state index contributed by atoms with van der Waals surface area (Å²) in [5.74, 6) is -0.0398. The number of likely N-dealkylation sites (tertiary alicyclic amines) is 1. The van der Waals surface area contributed by atoms with Crippen molar-refractivity contribution < 1.29 is 9.53 Å². The topological polar surface area (TPSA) is 47.4 Å². The van der Waals surface area contributed by atoms with Gasteiger partial charge in [0, 0.05) is 20.4 Å². The first-order valence-corrected chi connectivity index (χ1v) is 5.54. The first kappa shape index (κ1) is 11.4. The predicted octanol–water partition coefficient (Wildman–Crippen LogP) is 0.343. The fourth-order valence-corrected chi connectivity index (χ4v) is 2.22. The Bertz CT molecular complexity index is 399. The number of carbonyl (C=O) groups excluding carboxylic acids is 1. The lowest BCUT2D eigenvalue weighted by molar-refractivity contribution is -0.164. The average molecular weight is 244 g/mol. The largest absolute Gasteiger partial charge is 0.368 e. The zero-order valence-corrected chi connectivity index (χ0v) is 10.1. The van der Waals surface area contributed by atoms with Gasteiger partial charge < -0.3 is 9.64 Å². The Morgan fingerprint density at radius 1 is 1.69 bits per heavy atom. The first-order valence-electron chi connectivity index (χ1n) is 5.00. The van der Waals surface area contributed by atoms with Crippen molar-refractivity contribution in [3.05, 3.63) is 18.0 Å². The van der Waals surface area contributed by atoms with Crippen LogP contribution in [0.3, 0.4) is 0 Å². The van der Waals surface area contributed by atoms with Crippen LogP contribution in [0.1, 0.15) is 5.69 Å². The minimum absolute atomic E-state index is 0.0190. The van der Waals surface area contributed by atoms with Crippen molar-refractivity contribution in [2.24, 2.45) is 7.05 Å². The average Bonchev–Trinajstić information content (AvgIpc) is 2.64. The SMILES string of the molecule is COC1(c2ccnn2C)CN(C(=O)CCl)C1. The van der Waals surface area contributed by atoms with Gasteiger partial charge in [0.15, 0.2) is 0 Å². The van der Waals surface area contributed by atoms with Crippen LogP contribution in [0, 0.1) is 0 Å². The second-order valence-electron chi connectivity index (χ2n) is 3.92. The number of methoxy groups -OCH3 is 1. The number of aromatic nitrogens is 2. The molecule has 0 N–H and O–H groups in total. The van der Waals surface area contributed by atoms with Crippen LogP contribution in [0.4, 0.5) is 0 Å². The number of alkyl halides is 1. The summed E-state index contributed by atoms with van der Waals surface area (Å²) in [5.41, 5.74) is 0.557. The van der Waals surface area contributed by atoms with Crippen LogP contribution in [0.15, 0.2) is 12.3 Å². The smallest absolute Gasteiger partial charge is 0.237 e. The number of carbonyl (C=O) groups is 1. The Morgan fingerprint density at radius 2 is 2.38 bits per heavy atom. The van der Waals surface area contributed by atoms with Crippen LogP contribution in [-0.4, -0.2) is 46.7 Å². The standard InChI is InChI=1S/C10H14ClN3O2/c1-13-8(3-4-12-13)10(16-2)6-14(7-10)9(15)5-11/h3-4H,5-7H2,1-2H3. The molecule has 1 aliphatic heterocycles. The lowest BCUT2D eigenvalue weighted by Crippen LogP contribution is -2.63. The second kappa shape index (κ2) is 4.07. The van der Waals surface area contributed by atoms with Gasteiger partial charge in [0.2, 0.25) is 5.91 Å². The highest BCUT2D eigenvalue weighted by Gasteiger charge is 2.48.